The second-order valence-corrected chi connectivity index (χ2v) is 9.68. The van der Waals surface area contributed by atoms with E-state index in [0.717, 1.165) is 22.2 Å². The predicted molar refractivity (Wildman–Crippen MR) is 120 cm³/mol. The van der Waals surface area contributed by atoms with Gasteiger partial charge in [-0.2, -0.15) is 5.10 Å². The molecule has 4 aromatic rings. The first kappa shape index (κ1) is 20.8. The lowest BCUT2D eigenvalue weighted by Gasteiger charge is -2.04. The molecule has 0 amide bonds. The fourth-order valence-electron chi connectivity index (χ4n) is 2.65. The number of nitrogens with zero attached hydrogens (tertiary/aromatic N) is 5. The smallest absolute Gasteiger partial charge is 0.262 e. The molecular formula is C19H18N6O2S3. The quantitative estimate of drug-likeness (QED) is 0.301. The molecule has 0 unspecified atom stereocenters. The van der Waals surface area contributed by atoms with E-state index in [1.54, 1.807) is 16.4 Å². The maximum Gasteiger partial charge on any atom is 0.262 e. The molecule has 0 spiro atoms. The van der Waals surface area contributed by atoms with E-state index >= 15 is 0 Å². The molecule has 1 aromatic carbocycles. The van der Waals surface area contributed by atoms with Crippen LogP contribution in [0.1, 0.15) is 18.4 Å². The van der Waals surface area contributed by atoms with Crippen molar-refractivity contribution in [2.75, 3.05) is 11.5 Å². The van der Waals surface area contributed by atoms with Crippen molar-refractivity contribution >= 4 is 51.7 Å². The molecule has 0 aliphatic heterocycles. The second kappa shape index (κ2) is 9.54. The number of hydrogen-bond donors (Lipinski definition) is 1. The first-order chi connectivity index (χ1) is 14.6. The van der Waals surface area contributed by atoms with Gasteiger partial charge in [-0.15, -0.1) is 10.2 Å². The van der Waals surface area contributed by atoms with Crippen molar-refractivity contribution in [3.63, 3.8) is 0 Å². The highest BCUT2D eigenvalue weighted by Crippen LogP contribution is 2.24. The molecule has 8 nitrogen and oxygen atoms in total. The average Bonchev–Trinajstić information content (AvgIpc) is 3.38. The molecule has 0 radical (unpaired) electrons. The molecule has 3 aromatic heterocycles. The van der Waals surface area contributed by atoms with Gasteiger partial charge >= 0.3 is 0 Å². The van der Waals surface area contributed by atoms with Crippen molar-refractivity contribution < 1.29 is 4.79 Å². The Morgan fingerprint density at radius 3 is 2.83 bits per heavy atom. The van der Waals surface area contributed by atoms with Gasteiger partial charge in [0.15, 0.2) is 15.1 Å². The number of para-hydroxylation sites is 1. The average molecular weight is 459 g/mol. The van der Waals surface area contributed by atoms with Crippen molar-refractivity contribution in [1.29, 1.82) is 0 Å². The number of rotatable bonds is 9. The number of aromatic nitrogens is 6. The van der Waals surface area contributed by atoms with Crippen LogP contribution in [0.2, 0.25) is 0 Å². The first-order valence-electron chi connectivity index (χ1n) is 9.27. The van der Waals surface area contributed by atoms with E-state index in [1.807, 2.05) is 30.3 Å². The van der Waals surface area contributed by atoms with Gasteiger partial charge < -0.3 is 4.98 Å². The molecule has 154 valence electrons. The SMILES string of the molecule is CCCSc1nnc(CC(=O)CSc2nc3c(cnn3-c3ccccc3)c(=O)[nH]2)s1. The van der Waals surface area contributed by atoms with Crippen molar-refractivity contribution in [3.05, 3.63) is 51.9 Å². The minimum atomic E-state index is -0.279. The molecule has 0 aliphatic rings. The summed E-state index contributed by atoms with van der Waals surface area (Å²) in [5, 5.41) is 14.0. The molecule has 4 rings (SSSR count). The summed E-state index contributed by atoms with van der Waals surface area (Å²) in [6.07, 6.45) is 2.79. The van der Waals surface area contributed by atoms with Crippen LogP contribution < -0.4 is 5.56 Å². The van der Waals surface area contributed by atoms with Gasteiger partial charge in [0.1, 0.15) is 16.2 Å². The Hall–Kier alpha value is -2.50. The summed E-state index contributed by atoms with van der Waals surface area (Å²) in [7, 11) is 0. The number of hydrogen-bond acceptors (Lipinski definition) is 9. The van der Waals surface area contributed by atoms with Crippen LogP contribution in [-0.2, 0) is 11.2 Å². The lowest BCUT2D eigenvalue weighted by Crippen LogP contribution is -2.11. The van der Waals surface area contributed by atoms with E-state index in [2.05, 4.69) is 32.2 Å². The van der Waals surface area contributed by atoms with Crippen LogP contribution in [0.3, 0.4) is 0 Å². The third kappa shape index (κ3) is 4.79. The van der Waals surface area contributed by atoms with Gasteiger partial charge in [-0.25, -0.2) is 9.67 Å². The van der Waals surface area contributed by atoms with E-state index < -0.39 is 0 Å². The van der Waals surface area contributed by atoms with Gasteiger partial charge in [0.05, 0.1) is 24.1 Å². The number of benzene rings is 1. The Balaban J connectivity index is 1.45. The van der Waals surface area contributed by atoms with Crippen LogP contribution >= 0.6 is 34.9 Å². The van der Waals surface area contributed by atoms with Crippen LogP contribution in [0.25, 0.3) is 16.7 Å². The molecular weight excluding hydrogens is 440 g/mol. The first-order valence-corrected chi connectivity index (χ1v) is 12.1. The highest BCUT2D eigenvalue weighted by molar-refractivity contribution is 8.01. The van der Waals surface area contributed by atoms with Gasteiger partial charge in [0.2, 0.25) is 0 Å². The van der Waals surface area contributed by atoms with Gasteiger partial charge in [0, 0.05) is 5.75 Å². The Morgan fingerprint density at radius 2 is 2.03 bits per heavy atom. The molecule has 0 bridgehead atoms. The molecule has 0 aliphatic carbocycles. The summed E-state index contributed by atoms with van der Waals surface area (Å²) in [6, 6.07) is 9.47. The molecule has 0 fully saturated rings. The zero-order valence-electron chi connectivity index (χ0n) is 16.1. The fourth-order valence-corrected chi connectivity index (χ4v) is 5.22. The van der Waals surface area contributed by atoms with Gasteiger partial charge in [0.25, 0.3) is 5.56 Å². The number of H-pyrrole nitrogens is 1. The summed E-state index contributed by atoms with van der Waals surface area (Å²) in [4.78, 5) is 32.0. The summed E-state index contributed by atoms with van der Waals surface area (Å²) >= 11 is 4.30. The number of aromatic amines is 1. The van der Waals surface area contributed by atoms with Crippen molar-refractivity contribution in [1.82, 2.24) is 29.9 Å². The van der Waals surface area contributed by atoms with Crippen LogP contribution in [0, 0.1) is 0 Å². The zero-order valence-corrected chi connectivity index (χ0v) is 18.5. The summed E-state index contributed by atoms with van der Waals surface area (Å²) < 4.78 is 2.51. The zero-order chi connectivity index (χ0) is 20.9. The van der Waals surface area contributed by atoms with Crippen molar-refractivity contribution in [3.8, 4) is 5.69 Å². The maximum atomic E-state index is 12.4. The molecule has 0 saturated heterocycles. The van der Waals surface area contributed by atoms with Crippen LogP contribution in [0.5, 0.6) is 0 Å². The lowest BCUT2D eigenvalue weighted by molar-refractivity contribution is -0.116. The predicted octanol–water partition coefficient (Wildman–Crippen LogP) is 3.37. The molecule has 30 heavy (non-hydrogen) atoms. The van der Waals surface area contributed by atoms with Gasteiger partial charge in [-0.3, -0.25) is 9.59 Å². The number of fused-ring (bicyclic) bond motifs is 1. The summed E-state index contributed by atoms with van der Waals surface area (Å²) in [6.45, 7) is 2.11. The Bertz CT molecular complexity index is 1220. The highest BCUT2D eigenvalue weighted by Gasteiger charge is 2.14. The minimum absolute atomic E-state index is 0.00232. The fraction of sp³-hybridized carbons (Fsp3) is 0.263. The van der Waals surface area contributed by atoms with E-state index in [1.165, 1.54) is 29.3 Å². The van der Waals surface area contributed by atoms with Crippen LogP contribution in [0.15, 0.2) is 50.8 Å². The van der Waals surface area contributed by atoms with E-state index in [9.17, 15) is 9.59 Å². The topological polar surface area (TPSA) is 106 Å². The maximum absolute atomic E-state index is 12.4. The summed E-state index contributed by atoms with van der Waals surface area (Å²) in [5.74, 6) is 1.17. The molecule has 11 heteroatoms. The molecule has 1 N–H and O–H groups in total. The van der Waals surface area contributed by atoms with Crippen molar-refractivity contribution in [2.45, 2.75) is 29.3 Å². The largest absolute Gasteiger partial charge is 0.301 e. The molecule has 0 atom stereocenters. The van der Waals surface area contributed by atoms with E-state index in [4.69, 9.17) is 0 Å². The van der Waals surface area contributed by atoms with Crippen molar-refractivity contribution in [2.24, 2.45) is 0 Å². The third-order valence-electron chi connectivity index (χ3n) is 4.01. The number of thioether (sulfide) groups is 2. The Morgan fingerprint density at radius 1 is 1.20 bits per heavy atom. The van der Waals surface area contributed by atoms with Gasteiger partial charge in [-0.1, -0.05) is 60.0 Å². The Labute approximate surface area is 184 Å². The monoisotopic (exact) mass is 458 g/mol. The standard InChI is InChI=1S/C19H18N6O2S3/c1-2-8-28-19-24-23-15(30-19)9-13(26)11-29-18-21-16-14(17(27)22-18)10-20-25(16)12-6-4-3-5-7-12/h3-7,10H,2,8-9,11H2,1H3,(H,21,22,27). The number of nitrogens with one attached hydrogen (secondary N) is 1. The minimum Gasteiger partial charge on any atom is -0.301 e. The van der Waals surface area contributed by atoms with Crippen LogP contribution in [0.4, 0.5) is 0 Å². The number of Topliss-reactive ketones (excluding diaryl/α,β-unsaturated/α-hetero) is 1. The van der Waals surface area contributed by atoms with E-state index in [0.29, 0.717) is 21.2 Å². The van der Waals surface area contributed by atoms with Crippen LogP contribution in [-0.4, -0.2) is 47.2 Å². The number of carbonyl (C=O) groups is 1. The summed E-state index contributed by atoms with van der Waals surface area (Å²) in [5.41, 5.74) is 0.992. The Kier molecular flexibility index (Phi) is 6.60. The normalized spacial score (nSPS) is 11.2. The molecule has 3 heterocycles. The highest BCUT2D eigenvalue weighted by atomic mass is 32.2. The molecule has 0 saturated carbocycles. The van der Waals surface area contributed by atoms with E-state index in [-0.39, 0.29) is 23.5 Å². The lowest BCUT2D eigenvalue weighted by atomic mass is 10.3. The number of carbonyl (C=O) groups excluding carboxylic acids is 1. The third-order valence-corrected chi connectivity index (χ3v) is 7.21. The number of ketones is 1. The van der Waals surface area contributed by atoms with Gasteiger partial charge in [-0.05, 0) is 18.6 Å². The second-order valence-electron chi connectivity index (χ2n) is 6.31.